The zero-order valence-corrected chi connectivity index (χ0v) is 22.9. The molecular formula is C27H31NO8S2. The molecule has 9 nitrogen and oxygen atoms in total. The van der Waals surface area contributed by atoms with Gasteiger partial charge in [0.1, 0.15) is 12.2 Å². The fourth-order valence-corrected chi connectivity index (χ4v) is 6.76. The first-order valence-corrected chi connectivity index (χ1v) is 15.6. The minimum absolute atomic E-state index is 0.279. The normalized spacial score (nSPS) is 15.4. The Bertz CT molecular complexity index is 1400. The van der Waals surface area contributed by atoms with Gasteiger partial charge in [-0.05, 0) is 23.6 Å². The number of esters is 1. The van der Waals surface area contributed by atoms with E-state index in [9.17, 15) is 26.7 Å². The summed E-state index contributed by atoms with van der Waals surface area (Å²) in [6.07, 6.45) is -3.40. The second-order valence-electron chi connectivity index (χ2n) is 8.71. The number of carbonyl (C=O) groups is 1. The standard InChI is InChI=1S/C27H31NO8S2/c1-20(28(38(33,34)37(3,31)32)19-21-13-7-4-8-14-21)25(23-17-11-6-12-18-23)36-27(30)26(35-2)24(29)22-15-9-5-10-16-22/h4-18,20,24-26,29H,19H2,1-3H3/t20-,24-,25-,26+/m0/s1. The van der Waals surface area contributed by atoms with E-state index in [0.29, 0.717) is 22.9 Å². The van der Waals surface area contributed by atoms with E-state index < -0.39 is 48.2 Å². The average molecular weight is 562 g/mol. The van der Waals surface area contributed by atoms with E-state index in [1.807, 2.05) is 0 Å². The Hall–Kier alpha value is -3.09. The molecule has 0 amide bonds. The van der Waals surface area contributed by atoms with Crippen LogP contribution in [0.3, 0.4) is 0 Å². The largest absolute Gasteiger partial charge is 0.454 e. The molecule has 38 heavy (non-hydrogen) atoms. The molecule has 0 aromatic heterocycles. The summed E-state index contributed by atoms with van der Waals surface area (Å²) < 4.78 is 63.1. The summed E-state index contributed by atoms with van der Waals surface area (Å²) in [6, 6.07) is 24.1. The number of hydrogen-bond acceptors (Lipinski definition) is 8. The highest BCUT2D eigenvalue weighted by atomic mass is 33.2. The highest BCUT2D eigenvalue weighted by Gasteiger charge is 2.42. The maximum absolute atomic E-state index is 13.3. The van der Waals surface area contributed by atoms with Crippen molar-refractivity contribution < 1.29 is 36.2 Å². The van der Waals surface area contributed by atoms with Crippen LogP contribution >= 0.6 is 0 Å². The third kappa shape index (κ3) is 6.86. The fraction of sp³-hybridized carbons (Fsp3) is 0.296. The maximum atomic E-state index is 13.3. The molecule has 3 aromatic carbocycles. The van der Waals surface area contributed by atoms with Crippen LogP contribution in [0.5, 0.6) is 0 Å². The second kappa shape index (κ2) is 12.6. The Morgan fingerprint density at radius 1 is 0.842 bits per heavy atom. The first kappa shape index (κ1) is 29.5. The fourth-order valence-electron chi connectivity index (χ4n) is 3.97. The van der Waals surface area contributed by atoms with E-state index in [4.69, 9.17) is 9.47 Å². The topological polar surface area (TPSA) is 127 Å². The molecule has 4 atom stereocenters. The van der Waals surface area contributed by atoms with E-state index in [2.05, 4.69) is 0 Å². The highest BCUT2D eigenvalue weighted by molar-refractivity contribution is 8.66. The number of nitrogens with zero attached hydrogens (tertiary/aromatic N) is 1. The number of carbonyl (C=O) groups excluding carboxylic acids is 1. The van der Waals surface area contributed by atoms with Gasteiger partial charge in [-0.3, -0.25) is 0 Å². The van der Waals surface area contributed by atoms with Crippen molar-refractivity contribution in [3.8, 4) is 0 Å². The van der Waals surface area contributed by atoms with Crippen LogP contribution in [-0.2, 0) is 38.7 Å². The molecule has 3 aromatic rings. The summed E-state index contributed by atoms with van der Waals surface area (Å²) in [5, 5.41) is 10.8. The molecular weight excluding hydrogens is 530 g/mol. The van der Waals surface area contributed by atoms with Gasteiger partial charge in [0, 0.05) is 13.7 Å². The van der Waals surface area contributed by atoms with Crippen molar-refractivity contribution in [1.29, 1.82) is 0 Å². The van der Waals surface area contributed by atoms with Gasteiger partial charge in [0.25, 0.3) is 8.87 Å². The lowest BCUT2D eigenvalue weighted by atomic mass is 10.0. The Morgan fingerprint density at radius 2 is 1.32 bits per heavy atom. The van der Waals surface area contributed by atoms with Crippen molar-refractivity contribution in [2.45, 2.75) is 37.8 Å². The van der Waals surface area contributed by atoms with Crippen LogP contribution in [-0.4, -0.2) is 57.7 Å². The van der Waals surface area contributed by atoms with Crippen LogP contribution in [0.1, 0.15) is 35.8 Å². The first-order chi connectivity index (χ1) is 18.0. The lowest BCUT2D eigenvalue weighted by molar-refractivity contribution is -0.171. The average Bonchev–Trinajstić information content (AvgIpc) is 2.91. The minimum Gasteiger partial charge on any atom is -0.454 e. The van der Waals surface area contributed by atoms with Crippen LogP contribution in [0.2, 0.25) is 0 Å². The Balaban J connectivity index is 2.02. The number of hydrogen-bond donors (Lipinski definition) is 1. The van der Waals surface area contributed by atoms with Crippen LogP contribution in [0, 0.1) is 0 Å². The lowest BCUT2D eigenvalue weighted by Crippen LogP contribution is -2.46. The molecule has 0 bridgehead atoms. The summed E-state index contributed by atoms with van der Waals surface area (Å²) in [5.41, 5.74) is 1.39. The van der Waals surface area contributed by atoms with Gasteiger partial charge in [0.05, 0.1) is 12.3 Å². The molecule has 0 spiro atoms. The van der Waals surface area contributed by atoms with Gasteiger partial charge < -0.3 is 14.6 Å². The lowest BCUT2D eigenvalue weighted by Gasteiger charge is -2.34. The van der Waals surface area contributed by atoms with Gasteiger partial charge in [0.2, 0.25) is 0 Å². The number of aliphatic hydroxyl groups is 1. The molecule has 0 radical (unpaired) electrons. The van der Waals surface area contributed by atoms with Crippen molar-refractivity contribution in [3.05, 3.63) is 108 Å². The number of rotatable bonds is 12. The molecule has 0 saturated carbocycles. The summed E-state index contributed by atoms with van der Waals surface area (Å²) in [4.78, 5) is 13.3. The van der Waals surface area contributed by atoms with Crippen molar-refractivity contribution in [1.82, 2.24) is 4.31 Å². The Labute approximate surface area is 223 Å². The number of aliphatic hydroxyl groups excluding tert-OH is 1. The Kier molecular flexibility index (Phi) is 9.80. The molecule has 3 rings (SSSR count). The predicted octanol–water partition coefficient (Wildman–Crippen LogP) is 3.20. The predicted molar refractivity (Wildman–Crippen MR) is 143 cm³/mol. The summed E-state index contributed by atoms with van der Waals surface area (Å²) in [7, 11) is -8.22. The summed E-state index contributed by atoms with van der Waals surface area (Å²) in [5.74, 6) is -0.944. The van der Waals surface area contributed by atoms with Gasteiger partial charge >= 0.3 is 15.0 Å². The number of ether oxygens (including phenoxy) is 2. The smallest absolute Gasteiger partial charge is 0.339 e. The molecule has 1 N–H and O–H groups in total. The van der Waals surface area contributed by atoms with Crippen LogP contribution in [0.4, 0.5) is 0 Å². The Morgan fingerprint density at radius 3 is 1.79 bits per heavy atom. The minimum atomic E-state index is -4.88. The molecule has 0 aliphatic carbocycles. The molecule has 0 unspecified atom stereocenters. The van der Waals surface area contributed by atoms with Crippen molar-refractivity contribution in [3.63, 3.8) is 0 Å². The van der Waals surface area contributed by atoms with E-state index in [0.717, 1.165) is 4.31 Å². The number of methoxy groups -OCH3 is 1. The molecule has 0 saturated heterocycles. The summed E-state index contributed by atoms with van der Waals surface area (Å²) in [6.45, 7) is 1.19. The quantitative estimate of drug-likeness (QED) is 0.264. The zero-order chi connectivity index (χ0) is 27.9. The third-order valence-electron chi connectivity index (χ3n) is 6.03. The van der Waals surface area contributed by atoms with Gasteiger partial charge in [-0.15, -0.1) is 0 Å². The molecule has 204 valence electrons. The van der Waals surface area contributed by atoms with Crippen LogP contribution in [0.15, 0.2) is 91.0 Å². The van der Waals surface area contributed by atoms with Gasteiger partial charge in [-0.1, -0.05) is 91.0 Å². The van der Waals surface area contributed by atoms with Gasteiger partial charge in [-0.2, -0.15) is 12.7 Å². The molecule has 0 aliphatic heterocycles. The van der Waals surface area contributed by atoms with E-state index in [-0.39, 0.29) is 6.54 Å². The molecule has 0 aliphatic rings. The van der Waals surface area contributed by atoms with Crippen molar-refractivity contribution in [2.75, 3.05) is 13.4 Å². The molecule has 11 heteroatoms. The van der Waals surface area contributed by atoms with E-state index in [1.54, 1.807) is 91.0 Å². The maximum Gasteiger partial charge on any atom is 0.339 e. The highest BCUT2D eigenvalue weighted by Crippen LogP contribution is 2.31. The second-order valence-corrected chi connectivity index (χ2v) is 14.5. The third-order valence-corrected chi connectivity index (χ3v) is 10.7. The number of benzene rings is 3. The molecule has 0 fully saturated rings. The van der Waals surface area contributed by atoms with E-state index >= 15 is 0 Å². The zero-order valence-electron chi connectivity index (χ0n) is 21.2. The van der Waals surface area contributed by atoms with Gasteiger partial charge in [-0.25, -0.2) is 13.2 Å². The van der Waals surface area contributed by atoms with E-state index in [1.165, 1.54) is 14.0 Å². The van der Waals surface area contributed by atoms with Gasteiger partial charge in [0.15, 0.2) is 6.10 Å². The SMILES string of the molecule is CO[C@@H](C(=O)O[C@H](c1ccccc1)[C@H](C)N(Cc1ccccc1)S(=O)(=O)S(C)(=O)=O)[C@@H](O)c1ccccc1. The first-order valence-electron chi connectivity index (χ1n) is 11.7. The molecule has 0 heterocycles. The van der Waals surface area contributed by atoms with Crippen LogP contribution < -0.4 is 0 Å². The van der Waals surface area contributed by atoms with Crippen LogP contribution in [0.25, 0.3) is 0 Å². The monoisotopic (exact) mass is 561 g/mol. The summed E-state index contributed by atoms with van der Waals surface area (Å²) >= 11 is 0. The van der Waals surface area contributed by atoms with Crippen molar-refractivity contribution in [2.24, 2.45) is 0 Å². The van der Waals surface area contributed by atoms with Crippen molar-refractivity contribution >= 4 is 23.9 Å².